The van der Waals surface area contributed by atoms with Crippen molar-refractivity contribution < 1.29 is 9.53 Å². The lowest BCUT2D eigenvalue weighted by atomic mass is 10.2. The van der Waals surface area contributed by atoms with Gasteiger partial charge in [-0.25, -0.2) is 4.98 Å². The number of benzene rings is 1. The van der Waals surface area contributed by atoms with Crippen LogP contribution in [0.25, 0.3) is 11.3 Å². The largest absolute Gasteiger partial charge is 0.381 e. The number of thiazole rings is 1. The van der Waals surface area contributed by atoms with Gasteiger partial charge in [0.2, 0.25) is 5.91 Å². The van der Waals surface area contributed by atoms with Crippen LogP contribution in [-0.4, -0.2) is 24.1 Å². The molecule has 0 radical (unpaired) electrons. The van der Waals surface area contributed by atoms with Gasteiger partial charge in [-0.1, -0.05) is 30.3 Å². The summed E-state index contributed by atoms with van der Waals surface area (Å²) in [6.45, 7) is 2.98. The maximum absolute atomic E-state index is 11.6. The lowest BCUT2D eigenvalue weighted by Crippen LogP contribution is -2.13. The average molecular weight is 276 g/mol. The maximum Gasteiger partial charge on any atom is 0.228 e. The lowest BCUT2D eigenvalue weighted by Gasteiger charge is -2.01. The molecule has 0 aliphatic heterocycles. The fourth-order valence-corrected chi connectivity index (χ4v) is 2.30. The number of rotatable bonds is 6. The first-order valence-corrected chi connectivity index (χ1v) is 7.06. The molecule has 1 heterocycles. The van der Waals surface area contributed by atoms with E-state index < -0.39 is 0 Å². The van der Waals surface area contributed by atoms with Gasteiger partial charge < -0.3 is 10.1 Å². The van der Waals surface area contributed by atoms with E-state index in [4.69, 9.17) is 4.74 Å². The Kier molecular flexibility index (Phi) is 5.06. The van der Waals surface area contributed by atoms with E-state index >= 15 is 0 Å². The maximum atomic E-state index is 11.6. The third-order valence-corrected chi connectivity index (χ3v) is 3.26. The van der Waals surface area contributed by atoms with Crippen molar-refractivity contribution in [1.29, 1.82) is 0 Å². The number of hydrogen-bond acceptors (Lipinski definition) is 4. The first kappa shape index (κ1) is 13.7. The highest BCUT2D eigenvalue weighted by atomic mass is 32.1. The highest BCUT2D eigenvalue weighted by Crippen LogP contribution is 2.24. The van der Waals surface area contributed by atoms with Crippen LogP contribution < -0.4 is 5.32 Å². The summed E-state index contributed by atoms with van der Waals surface area (Å²) in [4.78, 5) is 16.0. The molecular formula is C14H16N2O2S. The first-order chi connectivity index (χ1) is 9.29. The van der Waals surface area contributed by atoms with E-state index in [1.165, 1.54) is 11.3 Å². The predicted octanol–water partition coefficient (Wildman–Crippen LogP) is 3.18. The number of carbonyl (C=O) groups is 1. The van der Waals surface area contributed by atoms with Gasteiger partial charge in [0.1, 0.15) is 0 Å². The number of nitrogens with zero attached hydrogens (tertiary/aromatic N) is 1. The molecule has 1 aromatic heterocycles. The van der Waals surface area contributed by atoms with Crippen molar-refractivity contribution in [3.05, 3.63) is 35.7 Å². The van der Waals surface area contributed by atoms with E-state index in [0.29, 0.717) is 24.8 Å². The normalized spacial score (nSPS) is 10.4. The molecule has 2 aromatic rings. The van der Waals surface area contributed by atoms with Gasteiger partial charge in [0.05, 0.1) is 18.7 Å². The third-order valence-electron chi connectivity index (χ3n) is 2.50. The zero-order valence-corrected chi connectivity index (χ0v) is 11.6. The van der Waals surface area contributed by atoms with Crippen LogP contribution in [0.2, 0.25) is 0 Å². The third kappa shape index (κ3) is 4.15. The molecular weight excluding hydrogens is 260 g/mol. The summed E-state index contributed by atoms with van der Waals surface area (Å²) in [6, 6.07) is 9.89. The minimum atomic E-state index is -0.0672. The number of aromatic nitrogens is 1. The van der Waals surface area contributed by atoms with Crippen molar-refractivity contribution >= 4 is 22.4 Å². The second-order valence-electron chi connectivity index (χ2n) is 3.90. The number of hydrogen-bond donors (Lipinski definition) is 1. The van der Waals surface area contributed by atoms with E-state index in [0.717, 1.165) is 11.3 Å². The van der Waals surface area contributed by atoms with Gasteiger partial charge in [-0.05, 0) is 6.92 Å². The van der Waals surface area contributed by atoms with Gasteiger partial charge in [-0.2, -0.15) is 0 Å². The van der Waals surface area contributed by atoms with Crippen LogP contribution in [0.4, 0.5) is 5.13 Å². The Morgan fingerprint density at radius 1 is 1.37 bits per heavy atom. The highest BCUT2D eigenvalue weighted by Gasteiger charge is 2.07. The summed E-state index contributed by atoms with van der Waals surface area (Å²) in [5.41, 5.74) is 1.93. The van der Waals surface area contributed by atoms with Crippen LogP contribution in [0.1, 0.15) is 13.3 Å². The molecule has 2 rings (SSSR count). The predicted molar refractivity (Wildman–Crippen MR) is 77.3 cm³/mol. The number of anilines is 1. The van der Waals surface area contributed by atoms with Crippen molar-refractivity contribution in [2.75, 3.05) is 18.5 Å². The average Bonchev–Trinajstić information content (AvgIpc) is 2.88. The molecule has 1 amide bonds. The Hall–Kier alpha value is -1.72. The molecule has 19 heavy (non-hydrogen) atoms. The monoisotopic (exact) mass is 276 g/mol. The van der Waals surface area contributed by atoms with Crippen LogP contribution in [0.3, 0.4) is 0 Å². The number of ether oxygens (including phenoxy) is 1. The van der Waals surface area contributed by atoms with Gasteiger partial charge in [0.25, 0.3) is 0 Å². The van der Waals surface area contributed by atoms with Crippen molar-refractivity contribution in [3.63, 3.8) is 0 Å². The van der Waals surface area contributed by atoms with Crippen molar-refractivity contribution in [2.45, 2.75) is 13.3 Å². The van der Waals surface area contributed by atoms with Crippen molar-refractivity contribution in [2.24, 2.45) is 0 Å². The lowest BCUT2D eigenvalue weighted by molar-refractivity contribution is -0.117. The molecule has 0 spiro atoms. The summed E-state index contributed by atoms with van der Waals surface area (Å²) < 4.78 is 5.14. The summed E-state index contributed by atoms with van der Waals surface area (Å²) in [6.07, 6.45) is 0.355. The summed E-state index contributed by atoms with van der Waals surface area (Å²) in [7, 11) is 0. The molecule has 1 aromatic carbocycles. The zero-order chi connectivity index (χ0) is 13.5. The number of nitrogens with one attached hydrogen (secondary N) is 1. The Labute approximate surface area is 116 Å². The van der Waals surface area contributed by atoms with Crippen LogP contribution in [-0.2, 0) is 9.53 Å². The molecule has 0 unspecified atom stereocenters. The molecule has 0 saturated carbocycles. The molecule has 5 heteroatoms. The Bertz CT molecular complexity index is 525. The minimum Gasteiger partial charge on any atom is -0.381 e. The van der Waals surface area contributed by atoms with Crippen LogP contribution >= 0.6 is 11.3 Å². The summed E-state index contributed by atoms with van der Waals surface area (Å²) in [5, 5.41) is 5.34. The van der Waals surface area contributed by atoms with E-state index in [1.807, 2.05) is 42.6 Å². The van der Waals surface area contributed by atoms with Gasteiger partial charge >= 0.3 is 0 Å². The fraction of sp³-hybridized carbons (Fsp3) is 0.286. The van der Waals surface area contributed by atoms with Crippen molar-refractivity contribution in [3.8, 4) is 11.3 Å². The zero-order valence-electron chi connectivity index (χ0n) is 10.8. The van der Waals surface area contributed by atoms with Crippen molar-refractivity contribution in [1.82, 2.24) is 4.98 Å². The second-order valence-corrected chi connectivity index (χ2v) is 4.76. The molecule has 0 aliphatic rings. The summed E-state index contributed by atoms with van der Waals surface area (Å²) >= 11 is 1.43. The van der Waals surface area contributed by atoms with Gasteiger partial charge in [-0.15, -0.1) is 11.3 Å². The van der Waals surface area contributed by atoms with Crippen LogP contribution in [0.5, 0.6) is 0 Å². The summed E-state index contributed by atoms with van der Waals surface area (Å²) in [5.74, 6) is -0.0672. The van der Waals surface area contributed by atoms with E-state index in [1.54, 1.807) is 0 Å². The molecule has 4 nitrogen and oxygen atoms in total. The van der Waals surface area contributed by atoms with Gasteiger partial charge in [0, 0.05) is 17.6 Å². The SMILES string of the molecule is CCOCCC(=O)Nc1nc(-c2ccccc2)cs1. The molecule has 0 aliphatic carbocycles. The second kappa shape index (κ2) is 7.01. The number of amides is 1. The molecule has 0 fully saturated rings. The van der Waals surface area contributed by atoms with Crippen LogP contribution in [0, 0.1) is 0 Å². The molecule has 0 atom stereocenters. The Balaban J connectivity index is 1.93. The topological polar surface area (TPSA) is 51.2 Å². The fourth-order valence-electron chi connectivity index (χ4n) is 1.56. The van der Waals surface area contributed by atoms with Crippen LogP contribution in [0.15, 0.2) is 35.7 Å². The molecule has 1 N–H and O–H groups in total. The van der Waals surface area contributed by atoms with Gasteiger partial charge in [-0.3, -0.25) is 4.79 Å². The minimum absolute atomic E-state index is 0.0672. The highest BCUT2D eigenvalue weighted by molar-refractivity contribution is 7.14. The molecule has 0 saturated heterocycles. The standard InChI is InChI=1S/C14H16N2O2S/c1-2-18-9-8-13(17)16-14-15-12(10-19-14)11-6-4-3-5-7-11/h3-7,10H,2,8-9H2,1H3,(H,15,16,17). The smallest absolute Gasteiger partial charge is 0.228 e. The van der Waals surface area contributed by atoms with E-state index in [2.05, 4.69) is 10.3 Å². The molecule has 0 bridgehead atoms. The first-order valence-electron chi connectivity index (χ1n) is 6.18. The molecule has 100 valence electrons. The number of carbonyl (C=O) groups excluding carboxylic acids is 1. The van der Waals surface area contributed by atoms with E-state index in [9.17, 15) is 4.79 Å². The Morgan fingerprint density at radius 2 is 2.16 bits per heavy atom. The van der Waals surface area contributed by atoms with E-state index in [-0.39, 0.29) is 5.91 Å². The van der Waals surface area contributed by atoms with Gasteiger partial charge in [0.15, 0.2) is 5.13 Å². The quantitative estimate of drug-likeness (QED) is 0.824. The Morgan fingerprint density at radius 3 is 2.89 bits per heavy atom.